The first kappa shape index (κ1) is 13.5. The molecule has 1 heterocycles. The first-order valence-electron chi connectivity index (χ1n) is 6.41. The van der Waals surface area contributed by atoms with Crippen molar-refractivity contribution in [1.29, 1.82) is 0 Å². The normalized spacial score (nSPS) is 23.9. The largest absolute Gasteiger partial charge is 0.338 e. The van der Waals surface area contributed by atoms with Gasteiger partial charge in [0, 0.05) is 12.6 Å². The highest BCUT2D eigenvalue weighted by Gasteiger charge is 2.37. The fourth-order valence-electron chi connectivity index (χ4n) is 2.06. The highest BCUT2D eigenvalue weighted by molar-refractivity contribution is 5.84. The number of hydrogen-bond donors (Lipinski definition) is 1. The van der Waals surface area contributed by atoms with Crippen LogP contribution in [0.2, 0.25) is 0 Å². The summed E-state index contributed by atoms with van der Waals surface area (Å²) in [7, 11) is 0. The quantitative estimate of drug-likeness (QED) is 0.795. The molecule has 0 bridgehead atoms. The van der Waals surface area contributed by atoms with Crippen molar-refractivity contribution in [3.05, 3.63) is 0 Å². The molecule has 16 heavy (non-hydrogen) atoms. The minimum absolute atomic E-state index is 0.0600. The number of carbonyl (C=O) groups is 1. The van der Waals surface area contributed by atoms with E-state index in [4.69, 9.17) is 0 Å². The maximum Gasteiger partial charge on any atom is 0.240 e. The summed E-state index contributed by atoms with van der Waals surface area (Å²) in [5.74, 6) is 0.288. The number of hydrogen-bond acceptors (Lipinski definition) is 2. The fourth-order valence-corrected chi connectivity index (χ4v) is 2.06. The van der Waals surface area contributed by atoms with E-state index in [2.05, 4.69) is 39.9 Å². The van der Waals surface area contributed by atoms with E-state index in [1.54, 1.807) is 0 Å². The molecule has 0 aromatic rings. The van der Waals surface area contributed by atoms with Gasteiger partial charge in [-0.2, -0.15) is 0 Å². The fraction of sp³-hybridized carbons (Fsp3) is 0.923. The van der Waals surface area contributed by atoms with Crippen molar-refractivity contribution in [2.75, 3.05) is 13.1 Å². The SMILES string of the molecule is CCCNC1CCN(C(C)C(C)(C)C)C1=O. The van der Waals surface area contributed by atoms with Gasteiger partial charge in [-0.3, -0.25) is 4.79 Å². The smallest absolute Gasteiger partial charge is 0.240 e. The van der Waals surface area contributed by atoms with Gasteiger partial charge in [0.05, 0.1) is 6.04 Å². The Labute approximate surface area is 99.6 Å². The molecule has 0 aliphatic carbocycles. The number of rotatable bonds is 4. The van der Waals surface area contributed by atoms with E-state index in [1.807, 2.05) is 4.90 Å². The van der Waals surface area contributed by atoms with Gasteiger partial charge in [0.15, 0.2) is 0 Å². The van der Waals surface area contributed by atoms with Gasteiger partial charge in [0.1, 0.15) is 0 Å². The molecule has 0 aromatic carbocycles. The van der Waals surface area contributed by atoms with Gasteiger partial charge in [-0.1, -0.05) is 27.7 Å². The molecule has 1 saturated heterocycles. The maximum atomic E-state index is 12.2. The summed E-state index contributed by atoms with van der Waals surface area (Å²) in [6, 6.07) is 0.373. The van der Waals surface area contributed by atoms with Crippen LogP contribution < -0.4 is 5.32 Å². The molecular weight excluding hydrogens is 200 g/mol. The molecule has 1 fully saturated rings. The summed E-state index contributed by atoms with van der Waals surface area (Å²) in [6.45, 7) is 12.7. The summed E-state index contributed by atoms with van der Waals surface area (Å²) in [5.41, 5.74) is 0.162. The van der Waals surface area contributed by atoms with Crippen molar-refractivity contribution in [3.8, 4) is 0 Å². The van der Waals surface area contributed by atoms with Crippen molar-refractivity contribution in [1.82, 2.24) is 10.2 Å². The van der Waals surface area contributed by atoms with Gasteiger partial charge in [-0.15, -0.1) is 0 Å². The molecule has 3 heteroatoms. The second-order valence-electron chi connectivity index (χ2n) is 5.87. The standard InChI is InChI=1S/C13H26N2O/c1-6-8-14-11-7-9-15(12(11)16)10(2)13(3,4)5/h10-11,14H,6-9H2,1-5H3. The molecule has 0 saturated carbocycles. The Morgan fingerprint density at radius 3 is 2.62 bits per heavy atom. The Bertz CT molecular complexity index is 245. The number of nitrogens with one attached hydrogen (secondary N) is 1. The average molecular weight is 226 g/mol. The van der Waals surface area contributed by atoms with E-state index in [0.29, 0.717) is 6.04 Å². The van der Waals surface area contributed by atoms with Gasteiger partial charge in [-0.05, 0) is 31.7 Å². The Morgan fingerprint density at radius 2 is 2.12 bits per heavy atom. The van der Waals surface area contributed by atoms with Gasteiger partial charge < -0.3 is 10.2 Å². The molecule has 2 unspecified atom stereocenters. The van der Waals surface area contributed by atoms with Gasteiger partial charge in [-0.25, -0.2) is 0 Å². The molecule has 1 N–H and O–H groups in total. The predicted molar refractivity (Wildman–Crippen MR) is 67.3 cm³/mol. The van der Waals surface area contributed by atoms with E-state index in [9.17, 15) is 4.79 Å². The molecule has 2 atom stereocenters. The van der Waals surface area contributed by atoms with Crippen LogP contribution in [-0.2, 0) is 4.79 Å². The summed E-state index contributed by atoms with van der Waals surface area (Å²) in [4.78, 5) is 14.2. The van der Waals surface area contributed by atoms with E-state index >= 15 is 0 Å². The first-order valence-corrected chi connectivity index (χ1v) is 6.41. The Balaban J connectivity index is 2.57. The monoisotopic (exact) mass is 226 g/mol. The Morgan fingerprint density at radius 1 is 1.50 bits per heavy atom. The topological polar surface area (TPSA) is 32.3 Å². The molecule has 1 aliphatic rings. The molecule has 94 valence electrons. The zero-order valence-corrected chi connectivity index (χ0v) is 11.3. The first-order chi connectivity index (χ1) is 7.38. The van der Waals surface area contributed by atoms with Crippen molar-refractivity contribution in [2.45, 2.75) is 59.5 Å². The van der Waals surface area contributed by atoms with Crippen LogP contribution in [0.4, 0.5) is 0 Å². The molecule has 1 amide bonds. The lowest BCUT2D eigenvalue weighted by atomic mass is 9.87. The summed E-state index contributed by atoms with van der Waals surface area (Å²) < 4.78 is 0. The van der Waals surface area contributed by atoms with E-state index in [-0.39, 0.29) is 17.4 Å². The predicted octanol–water partition coefficient (Wildman–Crippen LogP) is 2.02. The lowest BCUT2D eigenvalue weighted by Crippen LogP contribution is -2.46. The highest BCUT2D eigenvalue weighted by Crippen LogP contribution is 2.27. The highest BCUT2D eigenvalue weighted by atomic mass is 16.2. The van der Waals surface area contributed by atoms with Crippen LogP contribution in [0.5, 0.6) is 0 Å². The van der Waals surface area contributed by atoms with Crippen LogP contribution in [0.15, 0.2) is 0 Å². The third-order valence-electron chi connectivity index (χ3n) is 3.60. The van der Waals surface area contributed by atoms with Crippen LogP contribution in [0.25, 0.3) is 0 Å². The van der Waals surface area contributed by atoms with Gasteiger partial charge in [0.25, 0.3) is 0 Å². The molecule has 0 radical (unpaired) electrons. The minimum Gasteiger partial charge on any atom is -0.338 e. The van der Waals surface area contributed by atoms with Crippen LogP contribution >= 0.6 is 0 Å². The maximum absolute atomic E-state index is 12.2. The summed E-state index contributed by atoms with van der Waals surface area (Å²) >= 11 is 0. The second-order valence-corrected chi connectivity index (χ2v) is 5.87. The number of nitrogens with zero attached hydrogens (tertiary/aromatic N) is 1. The molecule has 0 spiro atoms. The summed E-state index contributed by atoms with van der Waals surface area (Å²) in [5, 5.41) is 3.33. The van der Waals surface area contributed by atoms with Crippen molar-refractivity contribution < 1.29 is 4.79 Å². The van der Waals surface area contributed by atoms with Gasteiger partial charge in [0.2, 0.25) is 5.91 Å². The van der Waals surface area contributed by atoms with E-state index < -0.39 is 0 Å². The van der Waals surface area contributed by atoms with Gasteiger partial charge >= 0.3 is 0 Å². The molecule has 3 nitrogen and oxygen atoms in total. The molecule has 0 aromatic heterocycles. The number of likely N-dealkylation sites (tertiary alicyclic amines) is 1. The lowest BCUT2D eigenvalue weighted by Gasteiger charge is -2.35. The van der Waals surface area contributed by atoms with Crippen molar-refractivity contribution in [3.63, 3.8) is 0 Å². The Hall–Kier alpha value is -0.570. The Kier molecular flexibility index (Phi) is 4.36. The third-order valence-corrected chi connectivity index (χ3v) is 3.60. The zero-order chi connectivity index (χ0) is 12.3. The van der Waals surface area contributed by atoms with E-state index in [1.165, 1.54) is 0 Å². The van der Waals surface area contributed by atoms with Crippen LogP contribution in [0.3, 0.4) is 0 Å². The second kappa shape index (κ2) is 5.17. The van der Waals surface area contributed by atoms with Crippen molar-refractivity contribution in [2.24, 2.45) is 5.41 Å². The van der Waals surface area contributed by atoms with E-state index in [0.717, 1.165) is 25.9 Å². The van der Waals surface area contributed by atoms with Crippen LogP contribution in [-0.4, -0.2) is 36.0 Å². The zero-order valence-electron chi connectivity index (χ0n) is 11.3. The molecular formula is C13H26N2O. The molecule has 1 aliphatic heterocycles. The van der Waals surface area contributed by atoms with Crippen LogP contribution in [0, 0.1) is 5.41 Å². The van der Waals surface area contributed by atoms with Crippen LogP contribution in [0.1, 0.15) is 47.5 Å². The number of amides is 1. The average Bonchev–Trinajstić information content (AvgIpc) is 2.54. The van der Waals surface area contributed by atoms with Crippen molar-refractivity contribution >= 4 is 5.91 Å². The third kappa shape index (κ3) is 2.97. The lowest BCUT2D eigenvalue weighted by molar-refractivity contribution is -0.132. The molecule has 1 rings (SSSR count). The number of carbonyl (C=O) groups excluding carboxylic acids is 1. The minimum atomic E-state index is 0.0600. The summed E-state index contributed by atoms with van der Waals surface area (Å²) in [6.07, 6.45) is 2.04.